The van der Waals surface area contributed by atoms with Crippen LogP contribution in [0.5, 0.6) is 5.75 Å². The molecule has 10 nitrogen and oxygen atoms in total. The van der Waals surface area contributed by atoms with Crippen LogP contribution in [0.2, 0.25) is 5.02 Å². The Morgan fingerprint density at radius 1 is 1.02 bits per heavy atom. The van der Waals surface area contributed by atoms with E-state index >= 15 is 0 Å². The van der Waals surface area contributed by atoms with Crippen LogP contribution in [-0.4, -0.2) is 51.4 Å². The van der Waals surface area contributed by atoms with Crippen LogP contribution in [0.4, 0.5) is 26.2 Å². The van der Waals surface area contributed by atoms with Gasteiger partial charge in [0.25, 0.3) is 5.91 Å². The lowest BCUT2D eigenvalue weighted by atomic mass is 9.79. The van der Waals surface area contributed by atoms with Crippen molar-refractivity contribution in [3.05, 3.63) is 47.2 Å². The van der Waals surface area contributed by atoms with Crippen LogP contribution < -0.4 is 25.4 Å². The zero-order valence-corrected chi connectivity index (χ0v) is 24.7. The third-order valence-electron chi connectivity index (χ3n) is 6.71. The van der Waals surface area contributed by atoms with Gasteiger partial charge in [-0.3, -0.25) is 4.79 Å². The van der Waals surface area contributed by atoms with Crippen molar-refractivity contribution in [2.45, 2.75) is 52.0 Å². The molecule has 0 saturated heterocycles. The van der Waals surface area contributed by atoms with E-state index in [1.165, 1.54) is 51.6 Å². The predicted octanol–water partition coefficient (Wildman–Crippen LogP) is 5.44. The van der Waals surface area contributed by atoms with E-state index in [9.17, 15) is 22.4 Å². The highest BCUT2D eigenvalue weighted by Gasteiger charge is 2.27. The summed E-state index contributed by atoms with van der Waals surface area (Å²) in [6, 6.07) is 8.22. The molecule has 1 unspecified atom stereocenters. The van der Waals surface area contributed by atoms with Gasteiger partial charge in [0.1, 0.15) is 11.6 Å². The first-order valence-electron chi connectivity index (χ1n) is 13.1. The molecule has 13 heteroatoms. The molecule has 2 aromatic carbocycles. The van der Waals surface area contributed by atoms with Gasteiger partial charge in [-0.2, -0.15) is 12.7 Å². The van der Waals surface area contributed by atoms with E-state index in [0.717, 1.165) is 23.2 Å². The van der Waals surface area contributed by atoms with Gasteiger partial charge in [-0.25, -0.2) is 13.9 Å². The molecule has 1 aliphatic carbocycles. The van der Waals surface area contributed by atoms with Gasteiger partial charge in [-0.1, -0.05) is 44.7 Å². The first kappa shape index (κ1) is 31.4. The zero-order valence-electron chi connectivity index (χ0n) is 23.1. The summed E-state index contributed by atoms with van der Waals surface area (Å²) in [5.74, 6) is -0.551. The summed E-state index contributed by atoms with van der Waals surface area (Å²) in [6.07, 6.45) is 5.80. The van der Waals surface area contributed by atoms with E-state index in [2.05, 4.69) is 29.8 Å². The standard InChI is InChI=1S/C27H37ClFN5O5S/c1-17(2)26(18-8-6-5-7-9-18)30-23-13-11-20(39-16-25(35)33-40(37,38)34(3)4)15-24(23)32-27(36)31-22-12-10-19(28)14-21(22)29/h10-15,17-18,26,30H,5-9,16H2,1-4H3,(H,33,35)(H2,31,32,36). The van der Waals surface area contributed by atoms with Crippen molar-refractivity contribution in [3.63, 3.8) is 0 Å². The third-order valence-corrected chi connectivity index (χ3v) is 8.39. The average Bonchev–Trinajstić information content (AvgIpc) is 2.88. The second-order valence-corrected chi connectivity index (χ2v) is 12.6. The van der Waals surface area contributed by atoms with E-state index in [-0.39, 0.29) is 22.5 Å². The first-order valence-corrected chi connectivity index (χ1v) is 15.0. The van der Waals surface area contributed by atoms with Gasteiger partial charge in [-0.05, 0) is 55.0 Å². The van der Waals surface area contributed by atoms with Crippen LogP contribution in [0.15, 0.2) is 36.4 Å². The Hall–Kier alpha value is -3.09. The molecule has 0 radical (unpaired) electrons. The summed E-state index contributed by atoms with van der Waals surface area (Å²) in [6.45, 7) is 3.72. The van der Waals surface area contributed by atoms with E-state index in [0.29, 0.717) is 23.2 Å². The smallest absolute Gasteiger partial charge is 0.323 e. The fraction of sp³-hybridized carbons (Fsp3) is 0.481. The molecule has 1 aliphatic rings. The molecule has 0 aliphatic heterocycles. The lowest BCUT2D eigenvalue weighted by Gasteiger charge is -2.35. The van der Waals surface area contributed by atoms with Crippen molar-refractivity contribution < 1.29 is 27.1 Å². The van der Waals surface area contributed by atoms with Gasteiger partial charge in [0.2, 0.25) is 0 Å². The van der Waals surface area contributed by atoms with Crippen LogP contribution in [0, 0.1) is 17.7 Å². The Balaban J connectivity index is 1.82. The van der Waals surface area contributed by atoms with Crippen LogP contribution in [-0.2, 0) is 15.0 Å². The molecule has 220 valence electrons. The van der Waals surface area contributed by atoms with E-state index in [4.69, 9.17) is 16.3 Å². The SMILES string of the molecule is CC(C)C(Nc1ccc(OCC(=O)NS(=O)(=O)N(C)C)cc1NC(=O)Nc1ccc(Cl)cc1F)C1CCCCC1. The molecule has 0 heterocycles. The van der Waals surface area contributed by atoms with Gasteiger partial charge in [0.05, 0.1) is 17.1 Å². The number of hydrogen-bond acceptors (Lipinski definition) is 6. The van der Waals surface area contributed by atoms with Crippen molar-refractivity contribution >= 4 is 50.8 Å². The second-order valence-electron chi connectivity index (χ2n) is 10.3. The van der Waals surface area contributed by atoms with E-state index < -0.39 is 34.6 Å². The normalized spacial score (nSPS) is 15.0. The molecular formula is C27H37ClFN5O5S. The first-order chi connectivity index (χ1) is 18.9. The number of amides is 3. The van der Waals surface area contributed by atoms with Crippen LogP contribution >= 0.6 is 11.6 Å². The summed E-state index contributed by atoms with van der Waals surface area (Å²) >= 11 is 5.81. The van der Waals surface area contributed by atoms with E-state index in [1.807, 2.05) is 4.72 Å². The lowest BCUT2D eigenvalue weighted by Crippen LogP contribution is -2.41. The van der Waals surface area contributed by atoms with Gasteiger partial charge >= 0.3 is 16.2 Å². The highest BCUT2D eigenvalue weighted by Crippen LogP contribution is 2.35. The zero-order chi connectivity index (χ0) is 29.4. The number of ether oxygens (including phenoxy) is 1. The van der Waals surface area contributed by atoms with Crippen molar-refractivity contribution in [2.24, 2.45) is 11.8 Å². The number of nitrogens with one attached hydrogen (secondary N) is 4. The summed E-state index contributed by atoms with van der Waals surface area (Å²) in [5, 5.41) is 8.99. The highest BCUT2D eigenvalue weighted by atomic mass is 35.5. The molecule has 1 saturated carbocycles. The summed E-state index contributed by atoms with van der Waals surface area (Å²) < 4.78 is 46.3. The summed E-state index contributed by atoms with van der Waals surface area (Å²) in [5.41, 5.74) is 0.917. The van der Waals surface area contributed by atoms with Crippen LogP contribution in [0.25, 0.3) is 0 Å². The Kier molecular flexibility index (Phi) is 11.0. The maximum atomic E-state index is 14.3. The Labute approximate surface area is 240 Å². The molecule has 2 aromatic rings. The third kappa shape index (κ3) is 8.97. The number of halogens is 2. The largest absolute Gasteiger partial charge is 0.484 e. The topological polar surface area (TPSA) is 129 Å². The number of carbonyl (C=O) groups excluding carboxylic acids is 2. The molecule has 0 aromatic heterocycles. The minimum atomic E-state index is -3.96. The molecule has 0 spiro atoms. The number of rotatable bonds is 11. The molecule has 4 N–H and O–H groups in total. The molecule has 3 amide bonds. The second kappa shape index (κ2) is 14.0. The monoisotopic (exact) mass is 597 g/mol. The van der Waals surface area contributed by atoms with Gasteiger partial charge in [0.15, 0.2) is 6.61 Å². The minimum absolute atomic E-state index is 0.0511. The number of hydrogen-bond donors (Lipinski definition) is 4. The van der Waals surface area contributed by atoms with Crippen molar-refractivity contribution in [2.75, 3.05) is 36.7 Å². The number of nitrogens with zero attached hydrogens (tertiary/aromatic N) is 1. The van der Waals surface area contributed by atoms with Crippen molar-refractivity contribution in [3.8, 4) is 5.75 Å². The molecule has 0 bridgehead atoms. The van der Waals surface area contributed by atoms with Crippen molar-refractivity contribution in [1.82, 2.24) is 9.03 Å². The fourth-order valence-corrected chi connectivity index (χ4v) is 5.31. The molecular weight excluding hydrogens is 561 g/mol. The molecule has 1 atom stereocenters. The summed E-state index contributed by atoms with van der Waals surface area (Å²) in [4.78, 5) is 25.0. The number of benzene rings is 2. The maximum Gasteiger partial charge on any atom is 0.323 e. The Morgan fingerprint density at radius 3 is 2.30 bits per heavy atom. The Morgan fingerprint density at radius 2 is 1.68 bits per heavy atom. The fourth-order valence-electron chi connectivity index (χ4n) is 4.62. The number of carbonyl (C=O) groups is 2. The maximum absolute atomic E-state index is 14.3. The quantitative estimate of drug-likeness (QED) is 0.273. The number of urea groups is 1. The number of anilines is 3. The van der Waals surface area contributed by atoms with E-state index in [1.54, 1.807) is 12.1 Å². The lowest BCUT2D eigenvalue weighted by molar-refractivity contribution is -0.121. The predicted molar refractivity (Wildman–Crippen MR) is 156 cm³/mol. The molecule has 1 fully saturated rings. The molecule has 40 heavy (non-hydrogen) atoms. The average molecular weight is 598 g/mol. The Bertz CT molecular complexity index is 1300. The van der Waals surface area contributed by atoms with Crippen LogP contribution in [0.3, 0.4) is 0 Å². The van der Waals surface area contributed by atoms with Gasteiger partial charge < -0.3 is 20.7 Å². The van der Waals surface area contributed by atoms with Gasteiger partial charge in [-0.15, -0.1) is 0 Å². The van der Waals surface area contributed by atoms with Crippen molar-refractivity contribution in [1.29, 1.82) is 0 Å². The minimum Gasteiger partial charge on any atom is -0.484 e. The van der Waals surface area contributed by atoms with Gasteiger partial charge in [0, 0.05) is 31.2 Å². The van der Waals surface area contributed by atoms with Crippen LogP contribution in [0.1, 0.15) is 46.0 Å². The highest BCUT2D eigenvalue weighted by molar-refractivity contribution is 7.87. The molecule has 3 rings (SSSR count). The summed E-state index contributed by atoms with van der Waals surface area (Å²) in [7, 11) is -1.38.